The van der Waals surface area contributed by atoms with Gasteiger partial charge in [-0.25, -0.2) is 0 Å². The van der Waals surface area contributed by atoms with E-state index in [-0.39, 0.29) is 11.5 Å². The molecule has 0 saturated heterocycles. The Hall–Kier alpha value is -0.820. The Morgan fingerprint density at radius 2 is 2.17 bits per heavy atom. The van der Waals surface area contributed by atoms with Crippen LogP contribution in [-0.2, 0) is 6.42 Å². The van der Waals surface area contributed by atoms with E-state index in [2.05, 4.69) is 45.0 Å². The Bertz CT molecular complexity index is 394. The quantitative estimate of drug-likeness (QED) is 0.829. The number of rotatable bonds is 4. The summed E-state index contributed by atoms with van der Waals surface area (Å²) in [4.78, 5) is 0. The number of hydrogen-bond acceptors (Lipinski definition) is 1. The van der Waals surface area contributed by atoms with E-state index < -0.39 is 0 Å². The molecule has 1 nitrogen and oxygen atoms in total. The van der Waals surface area contributed by atoms with E-state index in [4.69, 9.17) is 0 Å². The lowest BCUT2D eigenvalue weighted by Gasteiger charge is -2.31. The molecule has 1 aliphatic rings. The Kier molecular flexibility index (Phi) is 4.11. The molecule has 0 aliphatic heterocycles. The molecule has 1 saturated carbocycles. The van der Waals surface area contributed by atoms with Gasteiger partial charge in [0, 0.05) is 0 Å². The monoisotopic (exact) mass is 246 g/mol. The van der Waals surface area contributed by atoms with E-state index in [1.165, 1.54) is 18.4 Å². The van der Waals surface area contributed by atoms with Crippen molar-refractivity contribution in [2.75, 3.05) is 0 Å². The number of aryl methyl sites for hydroxylation is 1. The third kappa shape index (κ3) is 2.77. The van der Waals surface area contributed by atoms with Gasteiger partial charge in [-0.2, -0.15) is 0 Å². The van der Waals surface area contributed by atoms with Crippen molar-refractivity contribution in [3.63, 3.8) is 0 Å². The molecule has 1 aromatic rings. The van der Waals surface area contributed by atoms with Crippen LogP contribution < -0.4 is 0 Å². The fourth-order valence-electron chi connectivity index (χ4n) is 3.39. The van der Waals surface area contributed by atoms with Crippen LogP contribution in [0, 0.1) is 11.3 Å². The minimum atomic E-state index is -0.292. The van der Waals surface area contributed by atoms with Crippen molar-refractivity contribution in [3.05, 3.63) is 35.4 Å². The predicted octanol–water partition coefficient (Wildman–Crippen LogP) is 4.50. The lowest BCUT2D eigenvalue weighted by Crippen LogP contribution is -2.24. The van der Waals surface area contributed by atoms with E-state index in [1.54, 1.807) is 0 Å². The van der Waals surface area contributed by atoms with Gasteiger partial charge >= 0.3 is 0 Å². The van der Waals surface area contributed by atoms with Crippen LogP contribution in [0.15, 0.2) is 24.3 Å². The van der Waals surface area contributed by atoms with Crippen LogP contribution in [0.4, 0.5) is 0 Å². The second kappa shape index (κ2) is 5.44. The zero-order valence-corrected chi connectivity index (χ0v) is 11.9. The van der Waals surface area contributed by atoms with Crippen molar-refractivity contribution >= 4 is 0 Å². The summed E-state index contributed by atoms with van der Waals surface area (Å²) < 4.78 is 0. The van der Waals surface area contributed by atoms with Crippen molar-refractivity contribution in [2.45, 2.75) is 59.0 Å². The highest BCUT2D eigenvalue weighted by Crippen LogP contribution is 2.48. The average molecular weight is 246 g/mol. The first kappa shape index (κ1) is 13.6. The van der Waals surface area contributed by atoms with Crippen LogP contribution >= 0.6 is 0 Å². The van der Waals surface area contributed by atoms with Gasteiger partial charge in [0.05, 0.1) is 6.10 Å². The van der Waals surface area contributed by atoms with E-state index in [0.29, 0.717) is 5.92 Å². The molecule has 0 aromatic heterocycles. The maximum atomic E-state index is 10.6. The predicted molar refractivity (Wildman–Crippen MR) is 76.5 cm³/mol. The second-order valence-electron chi connectivity index (χ2n) is 6.43. The zero-order valence-electron chi connectivity index (χ0n) is 11.9. The molecule has 0 heterocycles. The summed E-state index contributed by atoms with van der Waals surface area (Å²) in [5.41, 5.74) is 2.74. The SMILES string of the molecule is CCCc1cccc(C(O)C2CCCC2(C)C)c1. The lowest BCUT2D eigenvalue weighted by molar-refractivity contribution is 0.0531. The Morgan fingerprint density at radius 3 is 2.78 bits per heavy atom. The van der Waals surface area contributed by atoms with Crippen LogP contribution in [0.2, 0.25) is 0 Å². The molecule has 2 rings (SSSR count). The summed E-state index contributed by atoms with van der Waals surface area (Å²) in [7, 11) is 0. The summed E-state index contributed by atoms with van der Waals surface area (Å²) in [6.45, 7) is 6.79. The van der Waals surface area contributed by atoms with Gasteiger partial charge in [-0.3, -0.25) is 0 Å². The fourth-order valence-corrected chi connectivity index (χ4v) is 3.39. The normalized spacial score (nSPS) is 24.1. The van der Waals surface area contributed by atoms with Gasteiger partial charge in [0.1, 0.15) is 0 Å². The van der Waals surface area contributed by atoms with Gasteiger partial charge in [-0.15, -0.1) is 0 Å². The molecule has 1 N–H and O–H groups in total. The van der Waals surface area contributed by atoms with Gasteiger partial charge in [0.15, 0.2) is 0 Å². The third-order valence-electron chi connectivity index (χ3n) is 4.55. The lowest BCUT2D eigenvalue weighted by atomic mass is 9.76. The maximum absolute atomic E-state index is 10.6. The minimum Gasteiger partial charge on any atom is -0.388 e. The molecule has 2 unspecified atom stereocenters. The molecular formula is C17H26O. The topological polar surface area (TPSA) is 20.2 Å². The highest BCUT2D eigenvalue weighted by Gasteiger charge is 2.39. The molecule has 0 amide bonds. The first-order chi connectivity index (χ1) is 8.54. The first-order valence-corrected chi connectivity index (χ1v) is 7.31. The van der Waals surface area contributed by atoms with Gasteiger partial charge in [-0.1, -0.05) is 57.9 Å². The third-order valence-corrected chi connectivity index (χ3v) is 4.55. The molecule has 1 aromatic carbocycles. The molecule has 0 radical (unpaired) electrons. The summed E-state index contributed by atoms with van der Waals surface area (Å²) in [6.07, 6.45) is 5.63. The molecule has 0 bridgehead atoms. The van der Waals surface area contributed by atoms with E-state index in [9.17, 15) is 5.11 Å². The average Bonchev–Trinajstić information content (AvgIpc) is 2.69. The van der Waals surface area contributed by atoms with Crippen LogP contribution in [0.1, 0.15) is 63.7 Å². The molecule has 1 heteroatoms. The molecule has 2 atom stereocenters. The molecular weight excluding hydrogens is 220 g/mol. The fraction of sp³-hybridized carbons (Fsp3) is 0.647. The van der Waals surface area contributed by atoms with Crippen molar-refractivity contribution in [2.24, 2.45) is 11.3 Å². The van der Waals surface area contributed by atoms with E-state index >= 15 is 0 Å². The molecule has 100 valence electrons. The standard InChI is InChI=1S/C17H26O/c1-4-7-13-8-5-9-14(12-13)16(18)15-10-6-11-17(15,2)3/h5,8-9,12,15-16,18H,4,6-7,10-11H2,1-3H3. The van der Waals surface area contributed by atoms with Crippen LogP contribution in [0.3, 0.4) is 0 Å². The molecule has 1 fully saturated rings. The summed E-state index contributed by atoms with van der Waals surface area (Å²) in [5, 5.41) is 10.6. The molecule has 18 heavy (non-hydrogen) atoms. The minimum absolute atomic E-state index is 0.278. The molecule has 1 aliphatic carbocycles. The number of hydrogen-bond donors (Lipinski definition) is 1. The van der Waals surface area contributed by atoms with Gasteiger partial charge < -0.3 is 5.11 Å². The van der Waals surface area contributed by atoms with Gasteiger partial charge in [0.2, 0.25) is 0 Å². The summed E-state index contributed by atoms with van der Waals surface area (Å²) in [5.74, 6) is 0.411. The maximum Gasteiger partial charge on any atom is 0.0823 e. The highest BCUT2D eigenvalue weighted by atomic mass is 16.3. The zero-order chi connectivity index (χ0) is 13.2. The van der Waals surface area contributed by atoms with Crippen molar-refractivity contribution in [1.82, 2.24) is 0 Å². The molecule has 0 spiro atoms. The Balaban J connectivity index is 2.17. The smallest absolute Gasteiger partial charge is 0.0823 e. The Labute approximate surface area is 111 Å². The van der Waals surface area contributed by atoms with Crippen molar-refractivity contribution in [3.8, 4) is 0 Å². The Morgan fingerprint density at radius 1 is 1.39 bits per heavy atom. The van der Waals surface area contributed by atoms with Crippen molar-refractivity contribution < 1.29 is 5.11 Å². The second-order valence-corrected chi connectivity index (χ2v) is 6.43. The highest BCUT2D eigenvalue weighted by molar-refractivity contribution is 5.26. The summed E-state index contributed by atoms with van der Waals surface area (Å²) >= 11 is 0. The van der Waals surface area contributed by atoms with Gasteiger partial charge in [-0.05, 0) is 41.7 Å². The van der Waals surface area contributed by atoms with Crippen LogP contribution in [-0.4, -0.2) is 5.11 Å². The van der Waals surface area contributed by atoms with E-state index in [1.807, 2.05) is 0 Å². The largest absolute Gasteiger partial charge is 0.388 e. The van der Waals surface area contributed by atoms with Crippen LogP contribution in [0.25, 0.3) is 0 Å². The van der Waals surface area contributed by atoms with E-state index in [0.717, 1.165) is 24.8 Å². The number of aliphatic hydroxyl groups excluding tert-OH is 1. The number of aliphatic hydroxyl groups is 1. The van der Waals surface area contributed by atoms with Crippen LogP contribution in [0.5, 0.6) is 0 Å². The summed E-state index contributed by atoms with van der Waals surface area (Å²) in [6, 6.07) is 8.53. The van der Waals surface area contributed by atoms with Crippen molar-refractivity contribution in [1.29, 1.82) is 0 Å². The van der Waals surface area contributed by atoms with Gasteiger partial charge in [0.25, 0.3) is 0 Å². The first-order valence-electron chi connectivity index (χ1n) is 7.31. The number of benzene rings is 1.